The van der Waals surface area contributed by atoms with Crippen LogP contribution in [0.1, 0.15) is 31.0 Å². The summed E-state index contributed by atoms with van der Waals surface area (Å²) < 4.78 is 11.1. The lowest BCUT2D eigenvalue weighted by atomic mass is 9.96. The average molecular weight is 452 g/mol. The summed E-state index contributed by atoms with van der Waals surface area (Å²) in [6.07, 6.45) is 3.26. The molecule has 1 atom stereocenters. The highest BCUT2D eigenvalue weighted by molar-refractivity contribution is 6.46. The van der Waals surface area contributed by atoms with Crippen LogP contribution in [0.5, 0.6) is 5.75 Å². The third-order valence-corrected chi connectivity index (χ3v) is 5.82. The van der Waals surface area contributed by atoms with Crippen molar-refractivity contribution in [3.05, 3.63) is 65.5 Å². The molecule has 1 N–H and O–H groups in total. The maximum atomic E-state index is 13.1. The van der Waals surface area contributed by atoms with Crippen LogP contribution in [0.25, 0.3) is 5.76 Å². The second-order valence-corrected chi connectivity index (χ2v) is 8.42. The lowest BCUT2D eigenvalue weighted by molar-refractivity contribution is -0.140. The number of nitrogens with zero attached hydrogens (tertiary/aromatic N) is 3. The molecule has 2 aliphatic rings. The fourth-order valence-electron chi connectivity index (χ4n) is 4.20. The number of pyridine rings is 1. The number of morpholine rings is 1. The predicted octanol–water partition coefficient (Wildman–Crippen LogP) is 2.62. The molecule has 33 heavy (non-hydrogen) atoms. The molecule has 2 saturated heterocycles. The van der Waals surface area contributed by atoms with E-state index in [-0.39, 0.29) is 17.4 Å². The molecule has 1 aromatic heterocycles. The van der Waals surface area contributed by atoms with Crippen LogP contribution in [0.15, 0.2) is 54.4 Å². The number of ether oxygens (including phenoxy) is 2. The third kappa shape index (κ3) is 5.07. The van der Waals surface area contributed by atoms with E-state index in [1.807, 2.05) is 13.8 Å². The number of rotatable bonds is 7. The van der Waals surface area contributed by atoms with Gasteiger partial charge in [0.2, 0.25) is 0 Å². The summed E-state index contributed by atoms with van der Waals surface area (Å²) in [7, 11) is 0. The predicted molar refractivity (Wildman–Crippen MR) is 123 cm³/mol. The maximum absolute atomic E-state index is 13.1. The molecular weight excluding hydrogens is 422 g/mol. The molecule has 2 fully saturated rings. The largest absolute Gasteiger partial charge is 0.507 e. The number of hydrogen-bond acceptors (Lipinski definition) is 7. The van der Waals surface area contributed by atoms with E-state index in [9.17, 15) is 14.7 Å². The molecule has 8 nitrogen and oxygen atoms in total. The smallest absolute Gasteiger partial charge is 0.295 e. The van der Waals surface area contributed by atoms with E-state index in [0.29, 0.717) is 37.6 Å². The van der Waals surface area contributed by atoms with Crippen molar-refractivity contribution in [3.8, 4) is 5.75 Å². The van der Waals surface area contributed by atoms with Crippen molar-refractivity contribution in [1.82, 2.24) is 14.8 Å². The van der Waals surface area contributed by atoms with Crippen molar-refractivity contribution < 1.29 is 24.2 Å². The number of aliphatic hydroxyl groups is 1. The minimum absolute atomic E-state index is 0.0212. The lowest BCUT2D eigenvalue weighted by Gasteiger charge is -2.31. The molecule has 0 spiro atoms. The number of benzene rings is 1. The Balaban J connectivity index is 1.67. The van der Waals surface area contributed by atoms with Crippen LogP contribution in [0.2, 0.25) is 0 Å². The molecule has 0 unspecified atom stereocenters. The highest BCUT2D eigenvalue weighted by Gasteiger charge is 2.46. The van der Waals surface area contributed by atoms with Crippen molar-refractivity contribution >= 4 is 17.4 Å². The van der Waals surface area contributed by atoms with Gasteiger partial charge >= 0.3 is 0 Å². The van der Waals surface area contributed by atoms with Crippen LogP contribution < -0.4 is 4.74 Å². The van der Waals surface area contributed by atoms with Gasteiger partial charge in [-0.1, -0.05) is 0 Å². The number of aromatic nitrogens is 1. The van der Waals surface area contributed by atoms with Crippen LogP contribution in [0.3, 0.4) is 0 Å². The van der Waals surface area contributed by atoms with Crippen LogP contribution >= 0.6 is 0 Å². The molecule has 1 aromatic carbocycles. The van der Waals surface area contributed by atoms with Gasteiger partial charge in [-0.2, -0.15) is 0 Å². The quantitative estimate of drug-likeness (QED) is 0.393. The Bertz CT molecular complexity index is 1010. The normalized spacial score (nSPS) is 21.1. The van der Waals surface area contributed by atoms with Gasteiger partial charge in [0, 0.05) is 44.1 Å². The molecule has 0 bridgehead atoms. The highest BCUT2D eigenvalue weighted by atomic mass is 16.5. The Kier molecular flexibility index (Phi) is 7.05. The van der Waals surface area contributed by atoms with E-state index in [4.69, 9.17) is 9.47 Å². The number of hydrogen-bond donors (Lipinski definition) is 1. The van der Waals surface area contributed by atoms with Gasteiger partial charge in [0.1, 0.15) is 11.5 Å². The summed E-state index contributed by atoms with van der Waals surface area (Å²) in [6.45, 7) is 7.74. The van der Waals surface area contributed by atoms with E-state index in [1.165, 1.54) is 0 Å². The van der Waals surface area contributed by atoms with Gasteiger partial charge in [-0.05, 0) is 55.8 Å². The van der Waals surface area contributed by atoms with Crippen LogP contribution in [0, 0.1) is 0 Å². The fraction of sp³-hybridized carbons (Fsp3) is 0.400. The molecule has 2 aromatic rings. The summed E-state index contributed by atoms with van der Waals surface area (Å²) >= 11 is 0. The zero-order valence-electron chi connectivity index (χ0n) is 18.9. The Labute approximate surface area is 193 Å². The Morgan fingerprint density at radius 1 is 1.09 bits per heavy atom. The van der Waals surface area contributed by atoms with Gasteiger partial charge in [0.05, 0.1) is 30.9 Å². The fourth-order valence-corrected chi connectivity index (χ4v) is 4.20. The first-order valence-electron chi connectivity index (χ1n) is 11.2. The van der Waals surface area contributed by atoms with Gasteiger partial charge < -0.3 is 19.5 Å². The average Bonchev–Trinajstić information content (AvgIpc) is 3.08. The molecule has 0 aliphatic carbocycles. The minimum atomic E-state index is -0.682. The van der Waals surface area contributed by atoms with Gasteiger partial charge in [-0.15, -0.1) is 0 Å². The zero-order valence-corrected chi connectivity index (χ0v) is 18.9. The number of likely N-dealkylation sites (tertiary alicyclic amines) is 1. The van der Waals surface area contributed by atoms with Crippen LogP contribution in [0.4, 0.5) is 0 Å². The summed E-state index contributed by atoms with van der Waals surface area (Å²) in [4.78, 5) is 33.9. The van der Waals surface area contributed by atoms with Gasteiger partial charge in [0.25, 0.3) is 11.7 Å². The van der Waals surface area contributed by atoms with Crippen molar-refractivity contribution in [2.75, 3.05) is 39.4 Å². The molecule has 8 heteroatoms. The molecule has 174 valence electrons. The highest BCUT2D eigenvalue weighted by Crippen LogP contribution is 2.39. The summed E-state index contributed by atoms with van der Waals surface area (Å²) in [6, 6.07) is 9.72. The third-order valence-electron chi connectivity index (χ3n) is 5.82. The van der Waals surface area contributed by atoms with Crippen LogP contribution in [-0.4, -0.2) is 77.1 Å². The SMILES string of the molecule is CC(C)Oc1ccc(/C(O)=C2\C(=O)C(=O)N(CCN3CCOCC3)[C@H]2c2ccncc2)cc1. The number of carbonyl (C=O) groups excluding carboxylic acids is 2. The maximum Gasteiger partial charge on any atom is 0.295 e. The first kappa shape index (κ1) is 22.9. The van der Waals surface area contributed by atoms with Crippen molar-refractivity contribution in [1.29, 1.82) is 0 Å². The van der Waals surface area contributed by atoms with Crippen molar-refractivity contribution in [3.63, 3.8) is 0 Å². The molecule has 0 radical (unpaired) electrons. The van der Waals surface area contributed by atoms with Crippen molar-refractivity contribution in [2.45, 2.75) is 26.0 Å². The summed E-state index contributed by atoms with van der Waals surface area (Å²) in [5.41, 5.74) is 1.27. The first-order valence-corrected chi connectivity index (χ1v) is 11.2. The second-order valence-electron chi connectivity index (χ2n) is 8.42. The summed E-state index contributed by atoms with van der Waals surface area (Å²) in [5.74, 6) is -0.816. The number of ketones is 1. The Morgan fingerprint density at radius 2 is 1.76 bits per heavy atom. The molecule has 2 aliphatic heterocycles. The molecule has 3 heterocycles. The van der Waals surface area contributed by atoms with E-state index in [1.54, 1.807) is 53.7 Å². The number of carbonyl (C=O) groups is 2. The Hall–Kier alpha value is -3.23. The topological polar surface area (TPSA) is 92.2 Å². The minimum Gasteiger partial charge on any atom is -0.507 e. The summed E-state index contributed by atoms with van der Waals surface area (Å²) in [5, 5.41) is 11.1. The van der Waals surface area contributed by atoms with E-state index >= 15 is 0 Å². The van der Waals surface area contributed by atoms with E-state index < -0.39 is 17.7 Å². The second kappa shape index (κ2) is 10.1. The van der Waals surface area contributed by atoms with Gasteiger partial charge in [0.15, 0.2) is 0 Å². The van der Waals surface area contributed by atoms with E-state index in [2.05, 4.69) is 9.88 Å². The molecule has 1 amide bonds. The first-order chi connectivity index (χ1) is 16.0. The van der Waals surface area contributed by atoms with Gasteiger partial charge in [-0.3, -0.25) is 19.5 Å². The number of aliphatic hydroxyl groups excluding tert-OH is 1. The lowest BCUT2D eigenvalue weighted by Crippen LogP contribution is -2.42. The molecule has 4 rings (SSSR count). The van der Waals surface area contributed by atoms with E-state index in [0.717, 1.165) is 18.7 Å². The Morgan fingerprint density at radius 3 is 2.39 bits per heavy atom. The van der Waals surface area contributed by atoms with Crippen LogP contribution in [-0.2, 0) is 14.3 Å². The zero-order chi connectivity index (χ0) is 23.4. The monoisotopic (exact) mass is 451 g/mol. The number of Topliss-reactive ketones (excluding diaryl/α,β-unsaturated/α-hetero) is 1. The standard InChI is InChI=1S/C25H29N3O5/c1-17(2)33-20-5-3-19(4-6-20)23(29)21-22(18-7-9-26-10-8-18)28(25(31)24(21)30)12-11-27-13-15-32-16-14-27/h3-10,17,22,29H,11-16H2,1-2H3/b23-21+/t22-/m0/s1. The number of amides is 1. The van der Waals surface area contributed by atoms with Gasteiger partial charge in [-0.25, -0.2) is 0 Å². The van der Waals surface area contributed by atoms with Crippen molar-refractivity contribution in [2.24, 2.45) is 0 Å². The molecule has 0 saturated carbocycles. The molecular formula is C25H29N3O5.